The number of carboxylic acid groups (broad SMARTS) is 1. The number of aromatic nitrogens is 2. The molecule has 1 atom stereocenters. The van der Waals surface area contributed by atoms with Crippen LogP contribution < -0.4 is 5.73 Å². The summed E-state index contributed by atoms with van der Waals surface area (Å²) in [4.78, 5) is 17.5. The number of hydrogen-bond acceptors (Lipinski definition) is 3. The molecule has 1 aromatic heterocycles. The van der Waals surface area contributed by atoms with Crippen LogP contribution in [-0.2, 0) is 11.2 Å². The molecule has 0 saturated heterocycles. The normalized spacial score (nSPS) is 12.7. The molecular weight excluding hydrogens is 182 g/mol. The summed E-state index contributed by atoms with van der Waals surface area (Å²) in [6.07, 6.45) is 3.54. The van der Waals surface area contributed by atoms with Crippen molar-refractivity contribution in [1.82, 2.24) is 9.97 Å². The molecule has 5 nitrogen and oxygen atoms in total. The molecule has 4 N–H and O–H groups in total. The number of nitrogens with zero attached hydrogens (tertiary/aromatic N) is 1. The average molecular weight is 197 g/mol. The van der Waals surface area contributed by atoms with E-state index in [9.17, 15) is 4.79 Å². The zero-order valence-corrected chi connectivity index (χ0v) is 8.16. The van der Waals surface area contributed by atoms with Crippen molar-refractivity contribution >= 4 is 5.97 Å². The van der Waals surface area contributed by atoms with Gasteiger partial charge in [-0.25, -0.2) is 4.98 Å². The van der Waals surface area contributed by atoms with Crippen LogP contribution in [0.5, 0.6) is 0 Å². The second-order valence-electron chi connectivity index (χ2n) is 3.25. The van der Waals surface area contributed by atoms with Gasteiger partial charge in [0.05, 0.1) is 12.5 Å². The Bertz CT molecular complexity index is 309. The first-order valence-electron chi connectivity index (χ1n) is 4.64. The van der Waals surface area contributed by atoms with E-state index in [0.29, 0.717) is 5.82 Å². The number of nitrogens with one attached hydrogen (secondary N) is 1. The highest BCUT2D eigenvalue weighted by Crippen LogP contribution is 2.10. The lowest BCUT2D eigenvalue weighted by Gasteiger charge is -2.04. The maximum atomic E-state index is 10.4. The Balaban J connectivity index is 2.61. The first kappa shape index (κ1) is 10.7. The fourth-order valence-electron chi connectivity index (χ4n) is 1.25. The molecule has 0 aromatic carbocycles. The van der Waals surface area contributed by atoms with Crippen molar-refractivity contribution in [1.29, 1.82) is 0 Å². The highest BCUT2D eigenvalue weighted by Gasteiger charge is 2.13. The number of hydrogen-bond donors (Lipinski definition) is 3. The first-order chi connectivity index (χ1) is 6.63. The van der Waals surface area contributed by atoms with E-state index in [1.54, 1.807) is 6.20 Å². The Labute approximate surface area is 82.3 Å². The van der Waals surface area contributed by atoms with Crippen molar-refractivity contribution < 1.29 is 9.90 Å². The minimum absolute atomic E-state index is 0.0981. The minimum atomic E-state index is -0.911. The average Bonchev–Trinajstić information content (AvgIpc) is 2.52. The van der Waals surface area contributed by atoms with E-state index >= 15 is 0 Å². The molecule has 5 heteroatoms. The van der Waals surface area contributed by atoms with Gasteiger partial charge in [-0.3, -0.25) is 4.79 Å². The number of rotatable bonds is 5. The van der Waals surface area contributed by atoms with Crippen LogP contribution in [0.15, 0.2) is 6.20 Å². The van der Waals surface area contributed by atoms with Crippen LogP contribution in [0.2, 0.25) is 0 Å². The van der Waals surface area contributed by atoms with Gasteiger partial charge >= 0.3 is 5.97 Å². The van der Waals surface area contributed by atoms with E-state index in [0.717, 1.165) is 18.5 Å². The third kappa shape index (κ3) is 2.85. The molecule has 1 aromatic rings. The van der Waals surface area contributed by atoms with Crippen molar-refractivity contribution in [2.24, 2.45) is 5.73 Å². The molecule has 0 saturated carbocycles. The highest BCUT2D eigenvalue weighted by molar-refractivity contribution is 5.67. The number of carboxylic acids is 1. The Kier molecular flexibility index (Phi) is 3.64. The molecule has 1 heterocycles. The number of aryl methyl sites for hydroxylation is 1. The van der Waals surface area contributed by atoms with Crippen LogP contribution in [0.3, 0.4) is 0 Å². The SMILES string of the molecule is CCCc1cnc(C(N)CC(=O)O)[nH]1. The predicted molar refractivity (Wildman–Crippen MR) is 51.8 cm³/mol. The number of nitrogens with two attached hydrogens (primary N) is 1. The Morgan fingerprint density at radius 2 is 2.50 bits per heavy atom. The van der Waals surface area contributed by atoms with E-state index in [4.69, 9.17) is 10.8 Å². The molecule has 14 heavy (non-hydrogen) atoms. The standard InChI is InChI=1S/C9H15N3O2/c1-2-3-6-5-11-9(12-6)7(10)4-8(13)14/h5,7H,2-4,10H2,1H3,(H,11,12)(H,13,14). The summed E-state index contributed by atoms with van der Waals surface area (Å²) in [6, 6.07) is -0.543. The summed E-state index contributed by atoms with van der Waals surface area (Å²) >= 11 is 0. The van der Waals surface area contributed by atoms with Gasteiger partial charge in [-0.1, -0.05) is 13.3 Å². The van der Waals surface area contributed by atoms with Crippen molar-refractivity contribution in [3.8, 4) is 0 Å². The van der Waals surface area contributed by atoms with Crippen LogP contribution in [0, 0.1) is 0 Å². The van der Waals surface area contributed by atoms with Gasteiger partial charge in [-0.05, 0) is 6.42 Å². The van der Waals surface area contributed by atoms with Gasteiger partial charge in [-0.2, -0.15) is 0 Å². The fourth-order valence-corrected chi connectivity index (χ4v) is 1.25. The van der Waals surface area contributed by atoms with Crippen LogP contribution >= 0.6 is 0 Å². The zero-order chi connectivity index (χ0) is 10.6. The summed E-state index contributed by atoms with van der Waals surface area (Å²) in [5.74, 6) is -0.359. The summed E-state index contributed by atoms with van der Waals surface area (Å²) in [5.41, 5.74) is 6.63. The largest absolute Gasteiger partial charge is 0.481 e. The number of carbonyl (C=O) groups is 1. The van der Waals surface area contributed by atoms with Gasteiger partial charge in [0.15, 0.2) is 0 Å². The predicted octanol–water partition coefficient (Wildman–Crippen LogP) is 0.837. The van der Waals surface area contributed by atoms with Crippen LogP contribution in [-0.4, -0.2) is 21.0 Å². The summed E-state index contributed by atoms with van der Waals surface area (Å²) in [7, 11) is 0. The highest BCUT2D eigenvalue weighted by atomic mass is 16.4. The second-order valence-corrected chi connectivity index (χ2v) is 3.25. The number of aliphatic carboxylic acids is 1. The lowest BCUT2D eigenvalue weighted by molar-refractivity contribution is -0.137. The van der Waals surface area contributed by atoms with Crippen LogP contribution in [0.25, 0.3) is 0 Å². The molecule has 0 spiro atoms. The molecule has 1 rings (SSSR count). The summed E-state index contributed by atoms with van der Waals surface area (Å²) in [5, 5.41) is 8.53. The monoisotopic (exact) mass is 197 g/mol. The van der Waals surface area contributed by atoms with Crippen molar-refractivity contribution in [3.63, 3.8) is 0 Å². The second kappa shape index (κ2) is 4.76. The van der Waals surface area contributed by atoms with E-state index < -0.39 is 12.0 Å². The lowest BCUT2D eigenvalue weighted by Crippen LogP contribution is -2.16. The maximum Gasteiger partial charge on any atom is 0.305 e. The molecule has 0 aliphatic rings. The van der Waals surface area contributed by atoms with Crippen molar-refractivity contribution in [2.45, 2.75) is 32.2 Å². The fraction of sp³-hybridized carbons (Fsp3) is 0.556. The zero-order valence-electron chi connectivity index (χ0n) is 8.16. The minimum Gasteiger partial charge on any atom is -0.481 e. The molecule has 1 unspecified atom stereocenters. The molecule has 78 valence electrons. The van der Waals surface area contributed by atoms with Crippen molar-refractivity contribution in [2.75, 3.05) is 0 Å². The third-order valence-electron chi connectivity index (χ3n) is 1.91. The summed E-state index contributed by atoms with van der Waals surface area (Å²) in [6.45, 7) is 2.07. The smallest absolute Gasteiger partial charge is 0.305 e. The summed E-state index contributed by atoms with van der Waals surface area (Å²) < 4.78 is 0. The lowest BCUT2D eigenvalue weighted by atomic mass is 10.2. The van der Waals surface area contributed by atoms with Crippen LogP contribution in [0.1, 0.15) is 37.3 Å². The first-order valence-corrected chi connectivity index (χ1v) is 4.64. The van der Waals surface area contributed by atoms with E-state index in [-0.39, 0.29) is 6.42 Å². The van der Waals surface area contributed by atoms with Gasteiger partial charge in [0.25, 0.3) is 0 Å². The molecule has 0 aliphatic heterocycles. The van der Waals surface area contributed by atoms with Gasteiger partial charge < -0.3 is 15.8 Å². The van der Waals surface area contributed by atoms with Gasteiger partial charge in [0.1, 0.15) is 5.82 Å². The molecule has 0 aliphatic carbocycles. The third-order valence-corrected chi connectivity index (χ3v) is 1.91. The topological polar surface area (TPSA) is 92.0 Å². The van der Waals surface area contributed by atoms with Gasteiger partial charge in [0, 0.05) is 11.9 Å². The number of aromatic amines is 1. The van der Waals surface area contributed by atoms with E-state index in [2.05, 4.69) is 16.9 Å². The Hall–Kier alpha value is -1.36. The molecule has 0 radical (unpaired) electrons. The molecular formula is C9H15N3O2. The Morgan fingerprint density at radius 1 is 1.79 bits per heavy atom. The van der Waals surface area contributed by atoms with Gasteiger partial charge in [0.2, 0.25) is 0 Å². The number of imidazole rings is 1. The molecule has 0 fully saturated rings. The van der Waals surface area contributed by atoms with Gasteiger partial charge in [-0.15, -0.1) is 0 Å². The molecule has 0 bridgehead atoms. The molecule has 0 amide bonds. The quantitative estimate of drug-likeness (QED) is 0.652. The van der Waals surface area contributed by atoms with E-state index in [1.807, 2.05) is 0 Å². The van der Waals surface area contributed by atoms with E-state index in [1.165, 1.54) is 0 Å². The van der Waals surface area contributed by atoms with Crippen LogP contribution in [0.4, 0.5) is 0 Å². The maximum absolute atomic E-state index is 10.4. The van der Waals surface area contributed by atoms with Crippen molar-refractivity contribution in [3.05, 3.63) is 17.7 Å². The number of H-pyrrole nitrogens is 1. The Morgan fingerprint density at radius 3 is 3.07 bits per heavy atom.